The molecule has 2 bridgehead atoms. The lowest BCUT2D eigenvalue weighted by atomic mass is 9.74. The monoisotopic (exact) mass is 539 g/mol. The predicted octanol–water partition coefficient (Wildman–Crippen LogP) is 1.55. The summed E-state index contributed by atoms with van der Waals surface area (Å²) >= 11 is 0. The second kappa shape index (κ2) is 11.7. The van der Waals surface area contributed by atoms with Crippen LogP contribution in [0.2, 0.25) is 0 Å². The molecule has 3 amide bonds. The van der Waals surface area contributed by atoms with Crippen LogP contribution in [0, 0.1) is 11.8 Å². The Morgan fingerprint density at radius 3 is 2.56 bits per heavy atom. The molecule has 3 heterocycles. The van der Waals surface area contributed by atoms with Crippen LogP contribution in [0.15, 0.2) is 36.4 Å². The standard InChI is InChI=1S/C30H42N4O5/c1-4-5-17-33(2)18-19-34-26(28(36)32-20-9-7-6-8-10-20)30-16-15-23(39-30)24(25(30)29(34)37)27(35)31-21-11-13-22(38-3)14-12-21/h11-16,20,23-26H,4-10,17-19H2,1-3H3,(H,31,35)(H,32,36)/p+1/t23?,24?,25?,26?,30-/m1/s1. The molecule has 2 saturated heterocycles. The van der Waals surface area contributed by atoms with Crippen molar-refractivity contribution in [3.05, 3.63) is 36.4 Å². The molecule has 6 atom stereocenters. The van der Waals surface area contributed by atoms with Crippen LogP contribution >= 0.6 is 0 Å². The van der Waals surface area contributed by atoms with Gasteiger partial charge in [-0.3, -0.25) is 14.4 Å². The number of likely N-dealkylation sites (N-methyl/N-ethyl adjacent to an activating group) is 1. The third-order valence-corrected chi connectivity index (χ3v) is 8.97. The minimum Gasteiger partial charge on any atom is -0.497 e. The third-order valence-electron chi connectivity index (χ3n) is 8.97. The van der Waals surface area contributed by atoms with Crippen LogP contribution in [0.4, 0.5) is 5.69 Å². The number of quaternary nitrogens is 1. The maximum atomic E-state index is 14.1. The van der Waals surface area contributed by atoms with Gasteiger partial charge in [-0.05, 0) is 43.5 Å². The number of ether oxygens (including phenoxy) is 2. The van der Waals surface area contributed by atoms with Crippen molar-refractivity contribution in [1.82, 2.24) is 10.2 Å². The smallest absolute Gasteiger partial charge is 0.246 e. The summed E-state index contributed by atoms with van der Waals surface area (Å²) in [5.41, 5.74) is -0.503. The number of carbonyl (C=O) groups excluding carboxylic acids is 3. The highest BCUT2D eigenvalue weighted by molar-refractivity contribution is 6.02. The molecule has 3 N–H and O–H groups in total. The normalized spacial score (nSPS) is 30.3. The number of nitrogens with one attached hydrogen (secondary N) is 3. The van der Waals surface area contributed by atoms with Gasteiger partial charge in [-0.15, -0.1) is 0 Å². The summed E-state index contributed by atoms with van der Waals surface area (Å²) in [7, 11) is 3.72. The van der Waals surface area contributed by atoms with Gasteiger partial charge in [-0.1, -0.05) is 44.8 Å². The van der Waals surface area contributed by atoms with Crippen LogP contribution in [-0.2, 0) is 19.1 Å². The molecule has 1 aliphatic carbocycles. The molecular formula is C30H43N4O5+. The molecule has 5 rings (SSSR count). The van der Waals surface area contributed by atoms with E-state index in [2.05, 4.69) is 24.6 Å². The van der Waals surface area contributed by atoms with Crippen LogP contribution in [0.3, 0.4) is 0 Å². The van der Waals surface area contributed by atoms with Crippen molar-refractivity contribution >= 4 is 23.4 Å². The number of benzene rings is 1. The Labute approximate surface area is 231 Å². The number of hydrogen-bond acceptors (Lipinski definition) is 5. The van der Waals surface area contributed by atoms with Crippen molar-refractivity contribution in [3.63, 3.8) is 0 Å². The Hall–Kier alpha value is -2.91. The average molecular weight is 540 g/mol. The van der Waals surface area contributed by atoms with Gasteiger partial charge >= 0.3 is 0 Å². The molecular weight excluding hydrogens is 496 g/mol. The van der Waals surface area contributed by atoms with Crippen LogP contribution in [0.25, 0.3) is 0 Å². The van der Waals surface area contributed by atoms with E-state index in [0.29, 0.717) is 18.0 Å². The molecule has 0 radical (unpaired) electrons. The lowest BCUT2D eigenvalue weighted by Crippen LogP contribution is -3.09. The van der Waals surface area contributed by atoms with Gasteiger partial charge in [0, 0.05) is 11.7 Å². The summed E-state index contributed by atoms with van der Waals surface area (Å²) in [6.45, 7) is 4.36. The molecule has 1 aromatic carbocycles. The maximum absolute atomic E-state index is 14.1. The number of likely N-dealkylation sites (tertiary alicyclic amines) is 1. The zero-order valence-electron chi connectivity index (χ0n) is 23.4. The average Bonchev–Trinajstić information content (AvgIpc) is 3.59. The molecule has 9 nitrogen and oxygen atoms in total. The molecule has 4 aliphatic rings. The molecule has 1 saturated carbocycles. The molecule has 3 aliphatic heterocycles. The van der Waals surface area contributed by atoms with Gasteiger partial charge < -0.3 is 29.9 Å². The van der Waals surface area contributed by atoms with Gasteiger partial charge in [0.2, 0.25) is 17.7 Å². The number of fused-ring (bicyclic) bond motifs is 1. The van der Waals surface area contributed by atoms with E-state index in [1.165, 1.54) is 11.3 Å². The molecule has 1 spiro atoms. The Morgan fingerprint density at radius 2 is 1.87 bits per heavy atom. The quantitative estimate of drug-likeness (QED) is 0.371. The number of anilines is 1. The van der Waals surface area contributed by atoms with Crippen LogP contribution < -0.4 is 20.3 Å². The summed E-state index contributed by atoms with van der Waals surface area (Å²) in [6.07, 6.45) is 10.7. The highest BCUT2D eigenvalue weighted by atomic mass is 16.5. The van der Waals surface area contributed by atoms with Gasteiger partial charge in [-0.25, -0.2) is 0 Å². The van der Waals surface area contributed by atoms with E-state index in [4.69, 9.17) is 9.47 Å². The van der Waals surface area contributed by atoms with Crippen LogP contribution in [-0.4, -0.2) is 80.2 Å². The van der Waals surface area contributed by atoms with Gasteiger partial charge in [0.25, 0.3) is 0 Å². The lowest BCUT2D eigenvalue weighted by molar-refractivity contribution is -0.879. The Kier molecular flexibility index (Phi) is 8.28. The van der Waals surface area contributed by atoms with E-state index >= 15 is 0 Å². The van der Waals surface area contributed by atoms with Crippen LogP contribution in [0.1, 0.15) is 51.9 Å². The van der Waals surface area contributed by atoms with E-state index < -0.39 is 29.6 Å². The first-order valence-electron chi connectivity index (χ1n) is 14.6. The fourth-order valence-electron chi connectivity index (χ4n) is 6.85. The molecule has 0 aromatic heterocycles. The minimum absolute atomic E-state index is 0.119. The number of methoxy groups -OCH3 is 1. The van der Waals surface area contributed by atoms with Crippen molar-refractivity contribution in [1.29, 1.82) is 0 Å². The summed E-state index contributed by atoms with van der Waals surface area (Å²) in [6, 6.07) is 6.44. The highest BCUT2D eigenvalue weighted by Gasteiger charge is 2.72. The second-order valence-corrected chi connectivity index (χ2v) is 11.6. The molecule has 212 valence electrons. The second-order valence-electron chi connectivity index (χ2n) is 11.6. The number of rotatable bonds is 11. The van der Waals surface area contributed by atoms with Crippen molar-refractivity contribution in [2.75, 3.05) is 39.1 Å². The SMILES string of the molecule is CCCC[NH+](C)CCN1C(=O)C2C(C(=O)Nc3ccc(OC)cc3)C3C=C[C@]2(O3)C1C(=O)NC1CCCCC1. The Bertz CT molecular complexity index is 1090. The molecule has 39 heavy (non-hydrogen) atoms. The van der Waals surface area contributed by atoms with Crippen LogP contribution in [0.5, 0.6) is 5.75 Å². The van der Waals surface area contributed by atoms with Crippen molar-refractivity contribution in [2.45, 2.75) is 75.7 Å². The largest absolute Gasteiger partial charge is 0.497 e. The fourth-order valence-corrected chi connectivity index (χ4v) is 6.85. The van der Waals surface area contributed by atoms with Gasteiger partial charge in [0.05, 0.1) is 51.7 Å². The zero-order valence-corrected chi connectivity index (χ0v) is 23.4. The van der Waals surface area contributed by atoms with Gasteiger partial charge in [0.15, 0.2) is 0 Å². The zero-order chi connectivity index (χ0) is 27.6. The Morgan fingerprint density at radius 1 is 1.13 bits per heavy atom. The number of amides is 3. The van der Waals surface area contributed by atoms with Crippen molar-refractivity contribution in [3.8, 4) is 5.75 Å². The topological polar surface area (TPSA) is 101 Å². The maximum Gasteiger partial charge on any atom is 0.246 e. The first kappa shape index (κ1) is 27.6. The summed E-state index contributed by atoms with van der Waals surface area (Å²) in [5.74, 6) is -1.34. The first-order chi connectivity index (χ1) is 18.9. The number of hydrogen-bond donors (Lipinski definition) is 3. The van der Waals surface area contributed by atoms with E-state index in [1.54, 1.807) is 36.3 Å². The van der Waals surface area contributed by atoms with Crippen molar-refractivity contribution < 1.29 is 28.8 Å². The fraction of sp³-hybridized carbons (Fsp3) is 0.633. The van der Waals surface area contributed by atoms with E-state index in [9.17, 15) is 14.4 Å². The Balaban J connectivity index is 1.39. The highest BCUT2D eigenvalue weighted by Crippen LogP contribution is 2.55. The number of nitrogens with zero attached hydrogens (tertiary/aromatic N) is 1. The van der Waals surface area contributed by atoms with E-state index in [-0.39, 0.29) is 23.8 Å². The summed E-state index contributed by atoms with van der Waals surface area (Å²) < 4.78 is 11.7. The molecule has 5 unspecified atom stereocenters. The predicted molar refractivity (Wildman–Crippen MR) is 147 cm³/mol. The van der Waals surface area contributed by atoms with E-state index in [0.717, 1.165) is 51.6 Å². The molecule has 1 aromatic rings. The minimum atomic E-state index is -1.13. The van der Waals surface area contributed by atoms with Crippen molar-refractivity contribution in [2.24, 2.45) is 11.8 Å². The van der Waals surface area contributed by atoms with Gasteiger partial charge in [-0.2, -0.15) is 0 Å². The molecule has 9 heteroatoms. The van der Waals surface area contributed by atoms with E-state index in [1.807, 2.05) is 12.2 Å². The molecule has 3 fully saturated rings. The number of carbonyl (C=O) groups is 3. The summed E-state index contributed by atoms with van der Waals surface area (Å²) in [5, 5.41) is 6.22. The number of unbranched alkanes of at least 4 members (excludes halogenated alkanes) is 1. The first-order valence-corrected chi connectivity index (χ1v) is 14.6. The van der Waals surface area contributed by atoms with Gasteiger partial charge in [0.1, 0.15) is 17.4 Å². The summed E-state index contributed by atoms with van der Waals surface area (Å²) in [4.78, 5) is 44.6. The lowest BCUT2D eigenvalue weighted by Gasteiger charge is -2.34. The third kappa shape index (κ3) is 5.31.